The van der Waals surface area contributed by atoms with Crippen molar-refractivity contribution in [3.05, 3.63) is 73.2 Å². The quantitative estimate of drug-likeness (QED) is 0.466. The van der Waals surface area contributed by atoms with Crippen molar-refractivity contribution in [1.29, 1.82) is 0 Å². The topological polar surface area (TPSA) is 102 Å². The van der Waals surface area contributed by atoms with Gasteiger partial charge in [-0.15, -0.1) is 0 Å². The van der Waals surface area contributed by atoms with Crippen LogP contribution in [0.5, 0.6) is 0 Å². The zero-order valence-corrected chi connectivity index (χ0v) is 15.7. The van der Waals surface area contributed by atoms with Gasteiger partial charge in [0, 0.05) is 37.1 Å². The molecule has 0 amide bonds. The van der Waals surface area contributed by atoms with Crippen molar-refractivity contribution in [1.82, 2.24) is 24.2 Å². The average Bonchev–Trinajstić information content (AvgIpc) is 3.16. The maximum atomic E-state index is 12.2. The van der Waals surface area contributed by atoms with E-state index < -0.39 is 10.0 Å². The van der Waals surface area contributed by atoms with Gasteiger partial charge in [0.2, 0.25) is 16.0 Å². The van der Waals surface area contributed by atoms with Crippen LogP contribution in [-0.4, -0.2) is 41.0 Å². The zero-order valence-electron chi connectivity index (χ0n) is 14.9. The van der Waals surface area contributed by atoms with Crippen molar-refractivity contribution in [3.8, 4) is 5.82 Å². The zero-order chi connectivity index (χ0) is 19.4. The van der Waals surface area contributed by atoms with Gasteiger partial charge < -0.3 is 5.32 Å². The lowest BCUT2D eigenvalue weighted by atomic mass is 10.3. The summed E-state index contributed by atoms with van der Waals surface area (Å²) in [4.78, 5) is 13.3. The molecule has 4 aromatic rings. The van der Waals surface area contributed by atoms with E-state index in [9.17, 15) is 8.42 Å². The summed E-state index contributed by atoms with van der Waals surface area (Å²) in [6.07, 6.45) is 5.28. The Bertz CT molecular complexity index is 1190. The lowest BCUT2D eigenvalue weighted by Crippen LogP contribution is -2.29. The lowest BCUT2D eigenvalue weighted by molar-refractivity contribution is 0.583. The number of sulfonamides is 1. The Labute approximate surface area is 162 Å². The first-order chi connectivity index (χ1) is 13.6. The fourth-order valence-electron chi connectivity index (χ4n) is 2.76. The van der Waals surface area contributed by atoms with Gasteiger partial charge in [-0.2, -0.15) is 4.98 Å². The third-order valence-electron chi connectivity index (χ3n) is 4.09. The second-order valence-electron chi connectivity index (χ2n) is 5.98. The number of nitrogens with one attached hydrogen (secondary N) is 2. The lowest BCUT2D eigenvalue weighted by Gasteiger charge is -2.09. The number of rotatable bonds is 7. The van der Waals surface area contributed by atoms with Crippen LogP contribution in [0.2, 0.25) is 0 Å². The van der Waals surface area contributed by atoms with Crippen LogP contribution in [0.25, 0.3) is 16.9 Å². The van der Waals surface area contributed by atoms with Crippen LogP contribution in [-0.2, 0) is 10.0 Å². The van der Waals surface area contributed by atoms with E-state index in [1.807, 2.05) is 29.0 Å². The maximum absolute atomic E-state index is 12.2. The molecule has 0 saturated carbocycles. The highest BCUT2D eigenvalue weighted by atomic mass is 32.2. The molecule has 0 saturated heterocycles. The molecule has 0 aliphatic rings. The van der Waals surface area contributed by atoms with Crippen LogP contribution in [0.1, 0.15) is 0 Å². The van der Waals surface area contributed by atoms with E-state index in [1.54, 1.807) is 48.8 Å². The molecule has 9 heteroatoms. The predicted molar refractivity (Wildman–Crippen MR) is 107 cm³/mol. The molecule has 1 aromatic carbocycles. The molecule has 142 valence electrons. The van der Waals surface area contributed by atoms with Crippen molar-refractivity contribution >= 4 is 27.0 Å². The van der Waals surface area contributed by atoms with E-state index in [2.05, 4.69) is 25.0 Å². The van der Waals surface area contributed by atoms with Crippen LogP contribution in [0.15, 0.2) is 78.1 Å². The molecule has 0 aliphatic carbocycles. The second kappa shape index (κ2) is 7.75. The van der Waals surface area contributed by atoms with E-state index in [0.29, 0.717) is 18.3 Å². The molecule has 8 nitrogen and oxygen atoms in total. The highest BCUT2D eigenvalue weighted by Crippen LogP contribution is 2.17. The van der Waals surface area contributed by atoms with Gasteiger partial charge in [0.05, 0.1) is 4.90 Å². The number of benzene rings is 1. The highest BCUT2D eigenvalue weighted by Gasteiger charge is 2.12. The fourth-order valence-corrected chi connectivity index (χ4v) is 3.82. The summed E-state index contributed by atoms with van der Waals surface area (Å²) >= 11 is 0. The Morgan fingerprint density at radius 2 is 1.75 bits per heavy atom. The molecule has 3 aromatic heterocycles. The molecule has 4 rings (SSSR count). The Hall–Kier alpha value is -3.30. The van der Waals surface area contributed by atoms with Crippen LogP contribution >= 0.6 is 0 Å². The van der Waals surface area contributed by atoms with Gasteiger partial charge in [0.15, 0.2) is 0 Å². The Morgan fingerprint density at radius 1 is 0.893 bits per heavy atom. The molecule has 0 fully saturated rings. The van der Waals surface area contributed by atoms with Crippen molar-refractivity contribution in [2.75, 3.05) is 18.4 Å². The number of anilines is 1. The second-order valence-corrected chi connectivity index (χ2v) is 7.74. The molecule has 0 atom stereocenters. The summed E-state index contributed by atoms with van der Waals surface area (Å²) in [6, 6.07) is 15.9. The number of aromatic nitrogens is 4. The largest absolute Gasteiger partial charge is 0.353 e. The minimum Gasteiger partial charge on any atom is -0.353 e. The van der Waals surface area contributed by atoms with Crippen LogP contribution < -0.4 is 10.0 Å². The molecule has 0 spiro atoms. The highest BCUT2D eigenvalue weighted by molar-refractivity contribution is 7.89. The molecule has 0 radical (unpaired) electrons. The predicted octanol–water partition coefficient (Wildman–Crippen LogP) is 2.21. The van der Waals surface area contributed by atoms with Gasteiger partial charge in [0.25, 0.3) is 0 Å². The summed E-state index contributed by atoms with van der Waals surface area (Å²) in [7, 11) is -3.53. The minimum atomic E-state index is -3.53. The van der Waals surface area contributed by atoms with Crippen molar-refractivity contribution in [3.63, 3.8) is 0 Å². The average molecular weight is 394 g/mol. The molecule has 28 heavy (non-hydrogen) atoms. The van der Waals surface area contributed by atoms with Crippen molar-refractivity contribution < 1.29 is 8.42 Å². The summed E-state index contributed by atoms with van der Waals surface area (Å²) in [6.45, 7) is 0.555. The van der Waals surface area contributed by atoms with Gasteiger partial charge in [-0.3, -0.25) is 4.57 Å². The minimum absolute atomic E-state index is 0.207. The van der Waals surface area contributed by atoms with Gasteiger partial charge in [-0.05, 0) is 36.4 Å². The first-order valence-corrected chi connectivity index (χ1v) is 10.2. The monoisotopic (exact) mass is 394 g/mol. The van der Waals surface area contributed by atoms with E-state index in [0.717, 1.165) is 11.0 Å². The maximum Gasteiger partial charge on any atom is 0.240 e. The van der Waals surface area contributed by atoms with E-state index in [-0.39, 0.29) is 11.4 Å². The number of hydrogen-bond acceptors (Lipinski definition) is 6. The SMILES string of the molecule is O=S(=O)(NCCNc1nccc(-n2ccc3cccnc32)n1)c1ccccc1. The van der Waals surface area contributed by atoms with Gasteiger partial charge >= 0.3 is 0 Å². The number of nitrogens with zero attached hydrogens (tertiary/aromatic N) is 4. The van der Waals surface area contributed by atoms with Crippen LogP contribution in [0.3, 0.4) is 0 Å². The Morgan fingerprint density at radius 3 is 2.61 bits per heavy atom. The first kappa shape index (κ1) is 18.1. The summed E-state index contributed by atoms with van der Waals surface area (Å²) in [5, 5.41) is 4.06. The van der Waals surface area contributed by atoms with Crippen LogP contribution in [0.4, 0.5) is 5.95 Å². The summed E-state index contributed by atoms with van der Waals surface area (Å²) < 4.78 is 28.8. The smallest absolute Gasteiger partial charge is 0.240 e. The van der Waals surface area contributed by atoms with Gasteiger partial charge in [0.1, 0.15) is 11.5 Å². The first-order valence-electron chi connectivity index (χ1n) is 8.67. The van der Waals surface area contributed by atoms with Gasteiger partial charge in [-0.1, -0.05) is 18.2 Å². The molecular weight excluding hydrogens is 376 g/mol. The molecule has 2 N–H and O–H groups in total. The van der Waals surface area contributed by atoms with Crippen LogP contribution in [0, 0.1) is 0 Å². The Balaban J connectivity index is 1.41. The van der Waals surface area contributed by atoms with E-state index in [1.165, 1.54) is 0 Å². The summed E-state index contributed by atoms with van der Waals surface area (Å²) in [5.74, 6) is 1.09. The molecule has 0 aliphatic heterocycles. The third kappa shape index (κ3) is 3.85. The molecule has 0 bridgehead atoms. The Kier molecular flexibility index (Phi) is 5.00. The number of hydrogen-bond donors (Lipinski definition) is 2. The molecule has 3 heterocycles. The standard InChI is InChI=1S/C19H18N6O2S/c26-28(27,16-6-2-1-3-7-16)23-13-12-22-19-21-11-8-17(24-19)25-14-9-15-5-4-10-20-18(15)25/h1-11,14,23H,12-13H2,(H,21,22,24). The van der Waals surface area contributed by atoms with Crippen molar-refractivity contribution in [2.45, 2.75) is 4.90 Å². The number of fused-ring (bicyclic) bond motifs is 1. The normalized spacial score (nSPS) is 11.6. The number of pyridine rings is 1. The summed E-state index contributed by atoms with van der Waals surface area (Å²) in [5.41, 5.74) is 0.808. The molecule has 0 unspecified atom stereocenters. The van der Waals surface area contributed by atoms with E-state index >= 15 is 0 Å². The van der Waals surface area contributed by atoms with Crippen molar-refractivity contribution in [2.24, 2.45) is 0 Å². The van der Waals surface area contributed by atoms with E-state index in [4.69, 9.17) is 0 Å². The fraction of sp³-hybridized carbons (Fsp3) is 0.105. The third-order valence-corrected chi connectivity index (χ3v) is 5.57. The molecular formula is C19H18N6O2S. The van der Waals surface area contributed by atoms with Gasteiger partial charge in [-0.25, -0.2) is 23.1 Å².